The van der Waals surface area contributed by atoms with Crippen molar-refractivity contribution in [1.82, 2.24) is 10.3 Å². The van der Waals surface area contributed by atoms with E-state index in [-0.39, 0.29) is 0 Å². The average Bonchev–Trinajstić information content (AvgIpc) is 2.48. The van der Waals surface area contributed by atoms with Crippen LogP contribution in [0.25, 0.3) is 0 Å². The molecule has 0 aromatic carbocycles. The van der Waals surface area contributed by atoms with Gasteiger partial charge >= 0.3 is 0 Å². The molecule has 0 spiro atoms. The predicted octanol–water partition coefficient (Wildman–Crippen LogP) is 1.94. The van der Waals surface area contributed by atoms with Gasteiger partial charge in [0, 0.05) is 24.5 Å². The molecule has 1 aliphatic rings. The molecule has 2 nitrogen and oxygen atoms in total. The van der Waals surface area contributed by atoms with Crippen molar-refractivity contribution in [2.24, 2.45) is 0 Å². The Kier molecular flexibility index (Phi) is 2.08. The van der Waals surface area contributed by atoms with Crippen LogP contribution in [-0.4, -0.2) is 17.1 Å². The summed E-state index contributed by atoms with van der Waals surface area (Å²) in [5.74, 6) is 0.665. The minimum atomic E-state index is 0.300. The molecule has 1 aromatic heterocycles. The largest absolute Gasteiger partial charge is 0.311 e. The maximum atomic E-state index is 4.03. The summed E-state index contributed by atoms with van der Waals surface area (Å²) in [7, 11) is 0. The summed E-state index contributed by atoms with van der Waals surface area (Å²) in [6.07, 6.45) is 4.97. The van der Waals surface area contributed by atoms with E-state index in [1.54, 1.807) is 0 Å². The minimum Gasteiger partial charge on any atom is -0.311 e. The van der Waals surface area contributed by atoms with Crippen molar-refractivity contribution < 1.29 is 0 Å². The summed E-state index contributed by atoms with van der Waals surface area (Å²) in [4.78, 5) is 4.03. The quantitative estimate of drug-likeness (QED) is 0.707. The summed E-state index contributed by atoms with van der Waals surface area (Å²) >= 11 is 0. The Balaban J connectivity index is 2.13. The molecule has 13 heavy (non-hydrogen) atoms. The third kappa shape index (κ3) is 1.89. The first-order valence-corrected chi connectivity index (χ1v) is 4.82. The van der Waals surface area contributed by atoms with Crippen molar-refractivity contribution in [3.05, 3.63) is 30.1 Å². The van der Waals surface area contributed by atoms with Crippen LogP contribution in [0.1, 0.15) is 31.7 Å². The molecular formula is C11H16N2. The van der Waals surface area contributed by atoms with Crippen LogP contribution < -0.4 is 5.32 Å². The molecule has 1 atom stereocenters. The van der Waals surface area contributed by atoms with Crippen molar-refractivity contribution in [3.63, 3.8) is 0 Å². The van der Waals surface area contributed by atoms with E-state index in [1.807, 2.05) is 12.4 Å². The lowest BCUT2D eigenvalue weighted by Crippen LogP contribution is -2.31. The Hall–Kier alpha value is -0.890. The van der Waals surface area contributed by atoms with Crippen molar-refractivity contribution in [3.8, 4) is 0 Å². The molecule has 2 heteroatoms. The molecule has 70 valence electrons. The van der Waals surface area contributed by atoms with Gasteiger partial charge < -0.3 is 5.32 Å². The van der Waals surface area contributed by atoms with Gasteiger partial charge in [-0.2, -0.15) is 0 Å². The lowest BCUT2D eigenvalue weighted by atomic mass is 9.92. The Labute approximate surface area is 79.4 Å². The summed E-state index contributed by atoms with van der Waals surface area (Å²) in [5.41, 5.74) is 1.71. The lowest BCUT2D eigenvalue weighted by Gasteiger charge is -2.17. The van der Waals surface area contributed by atoms with Gasteiger partial charge in [-0.1, -0.05) is 0 Å². The molecule has 0 amide bonds. The zero-order valence-corrected chi connectivity index (χ0v) is 8.25. The van der Waals surface area contributed by atoms with Gasteiger partial charge in [-0.3, -0.25) is 4.98 Å². The van der Waals surface area contributed by atoms with Crippen LogP contribution in [0.5, 0.6) is 0 Å². The SMILES string of the molecule is CC1(C)CC(c2ccncc2)CN1. The number of aromatic nitrogens is 1. The standard InChI is InChI=1S/C11H16N2/c1-11(2)7-10(8-13-11)9-3-5-12-6-4-9/h3-6,10,13H,7-8H2,1-2H3. The Morgan fingerprint density at radius 2 is 2.08 bits per heavy atom. The molecule has 0 radical (unpaired) electrons. The molecule has 0 saturated carbocycles. The normalized spacial score (nSPS) is 26.2. The van der Waals surface area contributed by atoms with E-state index in [2.05, 4.69) is 36.3 Å². The highest BCUT2D eigenvalue weighted by Gasteiger charge is 2.30. The molecule has 1 fully saturated rings. The number of hydrogen-bond acceptors (Lipinski definition) is 2. The maximum Gasteiger partial charge on any atom is 0.0270 e. The second-order valence-electron chi connectivity index (χ2n) is 4.45. The van der Waals surface area contributed by atoms with E-state index in [9.17, 15) is 0 Å². The maximum absolute atomic E-state index is 4.03. The van der Waals surface area contributed by atoms with Crippen LogP contribution >= 0.6 is 0 Å². The highest BCUT2D eigenvalue weighted by Crippen LogP contribution is 2.30. The fourth-order valence-corrected chi connectivity index (χ4v) is 2.03. The van der Waals surface area contributed by atoms with Crippen LogP contribution in [0.2, 0.25) is 0 Å². The Bertz CT molecular complexity index is 279. The highest BCUT2D eigenvalue weighted by atomic mass is 15.0. The molecule has 2 rings (SSSR count). The number of nitrogens with one attached hydrogen (secondary N) is 1. The van der Waals surface area contributed by atoms with Crippen LogP contribution in [0.15, 0.2) is 24.5 Å². The van der Waals surface area contributed by atoms with Crippen molar-refractivity contribution in [2.45, 2.75) is 31.7 Å². The Morgan fingerprint density at radius 3 is 2.62 bits per heavy atom. The van der Waals surface area contributed by atoms with Gasteiger partial charge in [0.1, 0.15) is 0 Å². The monoisotopic (exact) mass is 176 g/mol. The smallest absolute Gasteiger partial charge is 0.0270 e. The Morgan fingerprint density at radius 1 is 1.38 bits per heavy atom. The van der Waals surface area contributed by atoms with Crippen molar-refractivity contribution >= 4 is 0 Å². The molecule has 1 N–H and O–H groups in total. The van der Waals surface area contributed by atoms with Gasteiger partial charge in [-0.25, -0.2) is 0 Å². The summed E-state index contributed by atoms with van der Waals surface area (Å²) in [6, 6.07) is 4.24. The summed E-state index contributed by atoms with van der Waals surface area (Å²) < 4.78 is 0. The molecule has 0 aliphatic carbocycles. The van der Waals surface area contributed by atoms with Gasteiger partial charge in [0.05, 0.1) is 0 Å². The third-order valence-electron chi connectivity index (χ3n) is 2.76. The number of pyridine rings is 1. The number of nitrogens with zero attached hydrogens (tertiary/aromatic N) is 1. The fraction of sp³-hybridized carbons (Fsp3) is 0.545. The molecule has 1 aromatic rings. The predicted molar refractivity (Wildman–Crippen MR) is 53.7 cm³/mol. The van der Waals surface area contributed by atoms with E-state index in [0.717, 1.165) is 6.54 Å². The second-order valence-corrected chi connectivity index (χ2v) is 4.45. The number of rotatable bonds is 1. The highest BCUT2D eigenvalue weighted by molar-refractivity contribution is 5.19. The first-order chi connectivity index (χ1) is 6.17. The average molecular weight is 176 g/mol. The van der Waals surface area contributed by atoms with E-state index < -0.39 is 0 Å². The van der Waals surface area contributed by atoms with E-state index in [4.69, 9.17) is 0 Å². The van der Waals surface area contributed by atoms with Crippen LogP contribution in [0.4, 0.5) is 0 Å². The van der Waals surface area contributed by atoms with Crippen LogP contribution in [0, 0.1) is 0 Å². The fourth-order valence-electron chi connectivity index (χ4n) is 2.03. The summed E-state index contributed by atoms with van der Waals surface area (Å²) in [6.45, 7) is 5.61. The third-order valence-corrected chi connectivity index (χ3v) is 2.76. The first-order valence-electron chi connectivity index (χ1n) is 4.82. The molecule has 1 aliphatic heterocycles. The minimum absolute atomic E-state index is 0.300. The molecule has 1 unspecified atom stereocenters. The second kappa shape index (κ2) is 3.11. The molecule has 0 bridgehead atoms. The first kappa shape index (κ1) is 8.70. The summed E-state index contributed by atoms with van der Waals surface area (Å²) in [5, 5.41) is 3.52. The van der Waals surface area contributed by atoms with Gasteiger partial charge in [-0.05, 0) is 43.9 Å². The zero-order chi connectivity index (χ0) is 9.31. The van der Waals surface area contributed by atoms with E-state index >= 15 is 0 Å². The lowest BCUT2D eigenvalue weighted by molar-refractivity contribution is 0.456. The van der Waals surface area contributed by atoms with E-state index in [1.165, 1.54) is 12.0 Å². The molecule has 2 heterocycles. The van der Waals surface area contributed by atoms with Crippen molar-refractivity contribution in [2.75, 3.05) is 6.54 Å². The van der Waals surface area contributed by atoms with Gasteiger partial charge in [0.25, 0.3) is 0 Å². The van der Waals surface area contributed by atoms with Gasteiger partial charge in [-0.15, -0.1) is 0 Å². The van der Waals surface area contributed by atoms with Gasteiger partial charge in [0.2, 0.25) is 0 Å². The molecule has 1 saturated heterocycles. The zero-order valence-electron chi connectivity index (χ0n) is 8.25. The van der Waals surface area contributed by atoms with E-state index in [0.29, 0.717) is 11.5 Å². The van der Waals surface area contributed by atoms with Gasteiger partial charge in [0.15, 0.2) is 0 Å². The van der Waals surface area contributed by atoms with Crippen molar-refractivity contribution in [1.29, 1.82) is 0 Å². The topological polar surface area (TPSA) is 24.9 Å². The molecular weight excluding hydrogens is 160 g/mol. The van der Waals surface area contributed by atoms with Crippen LogP contribution in [0.3, 0.4) is 0 Å². The van der Waals surface area contributed by atoms with Crippen LogP contribution in [-0.2, 0) is 0 Å². The number of hydrogen-bond donors (Lipinski definition) is 1.